The molecule has 0 heterocycles. The maximum absolute atomic E-state index is 6.08. The molecule has 0 aromatic heterocycles. The molecule has 1 nitrogen and oxygen atoms in total. The van der Waals surface area contributed by atoms with Crippen molar-refractivity contribution in [3.63, 3.8) is 0 Å². The van der Waals surface area contributed by atoms with Crippen LogP contribution in [0, 0.1) is 0 Å². The summed E-state index contributed by atoms with van der Waals surface area (Å²) in [4.78, 5) is 0. The molecule has 0 fully saturated rings. The molecule has 0 amide bonds. The van der Waals surface area contributed by atoms with Crippen LogP contribution in [0.4, 0.5) is 0 Å². The molecule has 0 aliphatic heterocycles. The molecule has 0 saturated heterocycles. The summed E-state index contributed by atoms with van der Waals surface area (Å²) in [5.41, 5.74) is 2.42. The first-order valence-corrected chi connectivity index (χ1v) is 6.70. The Kier molecular flexibility index (Phi) is 7.25. The van der Waals surface area contributed by atoms with E-state index in [1.54, 1.807) is 0 Å². The Hall–Kier alpha value is -0.730. The minimum Gasteiger partial charge on any atom is -0.312 e. The second-order valence-electron chi connectivity index (χ2n) is 4.14. The first-order valence-electron chi connectivity index (χ1n) is 5.94. The first kappa shape index (κ1) is 16.3. The highest BCUT2D eigenvalue weighted by atomic mass is 35.5. The molecule has 0 saturated carbocycles. The molecule has 2 rings (SSSR count). The fourth-order valence-electron chi connectivity index (χ4n) is 1.75. The van der Waals surface area contributed by atoms with Crippen molar-refractivity contribution >= 4 is 35.6 Å². The largest absolute Gasteiger partial charge is 0.312 e. The Morgan fingerprint density at radius 1 is 0.895 bits per heavy atom. The Labute approximate surface area is 130 Å². The van der Waals surface area contributed by atoms with Crippen LogP contribution in [0.3, 0.4) is 0 Å². The Morgan fingerprint density at radius 2 is 1.58 bits per heavy atom. The summed E-state index contributed by atoms with van der Waals surface area (Å²) in [6, 6.07) is 15.9. The van der Waals surface area contributed by atoms with E-state index in [4.69, 9.17) is 23.2 Å². The molecule has 0 aliphatic carbocycles. The van der Waals surface area contributed by atoms with E-state index in [1.165, 1.54) is 5.56 Å². The molecule has 0 aliphatic rings. The van der Waals surface area contributed by atoms with E-state index in [0.717, 1.165) is 35.1 Å². The van der Waals surface area contributed by atoms with E-state index in [1.807, 2.05) is 36.4 Å². The lowest BCUT2D eigenvalue weighted by Crippen LogP contribution is -2.16. The lowest BCUT2D eigenvalue weighted by molar-refractivity contribution is 0.687. The fraction of sp³-hybridized carbons (Fsp3) is 0.200. The zero-order valence-electron chi connectivity index (χ0n) is 10.4. The van der Waals surface area contributed by atoms with Gasteiger partial charge in [0.2, 0.25) is 0 Å². The molecular formula is C15H16Cl3N. The van der Waals surface area contributed by atoms with E-state index in [0.29, 0.717) is 0 Å². The van der Waals surface area contributed by atoms with Crippen LogP contribution in [0.15, 0.2) is 48.5 Å². The second-order valence-corrected chi connectivity index (χ2v) is 4.99. The van der Waals surface area contributed by atoms with E-state index in [9.17, 15) is 0 Å². The standard InChI is InChI=1S/C15H15Cl2N.ClH/c16-14-7-5-12(6-8-14)9-10-18-11-13-3-1-2-4-15(13)17;/h1-8,18H,9-11H2;1H. The average molecular weight is 317 g/mol. The van der Waals surface area contributed by atoms with Crippen molar-refractivity contribution in [2.24, 2.45) is 0 Å². The third kappa shape index (κ3) is 5.42. The van der Waals surface area contributed by atoms with Crippen molar-refractivity contribution in [1.82, 2.24) is 5.32 Å². The summed E-state index contributed by atoms with van der Waals surface area (Å²) < 4.78 is 0. The van der Waals surface area contributed by atoms with Crippen LogP contribution in [0.1, 0.15) is 11.1 Å². The first-order chi connectivity index (χ1) is 8.75. The molecule has 2 aromatic rings. The Balaban J connectivity index is 0.00000180. The Morgan fingerprint density at radius 3 is 2.26 bits per heavy atom. The van der Waals surface area contributed by atoms with Gasteiger partial charge in [0.05, 0.1) is 0 Å². The molecular weight excluding hydrogens is 301 g/mol. The van der Waals surface area contributed by atoms with Crippen molar-refractivity contribution < 1.29 is 0 Å². The summed E-state index contributed by atoms with van der Waals surface area (Å²) in [6.07, 6.45) is 0.988. The van der Waals surface area contributed by atoms with Gasteiger partial charge >= 0.3 is 0 Å². The van der Waals surface area contributed by atoms with Gasteiger partial charge in [-0.25, -0.2) is 0 Å². The van der Waals surface area contributed by atoms with Gasteiger partial charge in [-0.1, -0.05) is 53.5 Å². The van der Waals surface area contributed by atoms with E-state index < -0.39 is 0 Å². The van der Waals surface area contributed by atoms with Gasteiger partial charge in [0.1, 0.15) is 0 Å². The van der Waals surface area contributed by atoms with E-state index in [2.05, 4.69) is 17.4 Å². The fourth-order valence-corrected chi connectivity index (χ4v) is 2.08. The smallest absolute Gasteiger partial charge is 0.0450 e. The van der Waals surface area contributed by atoms with Crippen molar-refractivity contribution in [3.8, 4) is 0 Å². The van der Waals surface area contributed by atoms with Crippen molar-refractivity contribution in [2.45, 2.75) is 13.0 Å². The molecule has 0 bridgehead atoms. The van der Waals surface area contributed by atoms with Gasteiger partial charge in [-0.2, -0.15) is 0 Å². The molecule has 1 N–H and O–H groups in total. The summed E-state index contributed by atoms with van der Waals surface area (Å²) in [5.74, 6) is 0. The number of benzene rings is 2. The summed E-state index contributed by atoms with van der Waals surface area (Å²) in [7, 11) is 0. The molecule has 4 heteroatoms. The van der Waals surface area contributed by atoms with Gasteiger partial charge < -0.3 is 5.32 Å². The van der Waals surface area contributed by atoms with Gasteiger partial charge in [0.25, 0.3) is 0 Å². The maximum Gasteiger partial charge on any atom is 0.0450 e. The monoisotopic (exact) mass is 315 g/mol. The zero-order chi connectivity index (χ0) is 12.8. The minimum atomic E-state index is 0. The number of hydrogen-bond donors (Lipinski definition) is 1. The molecule has 2 aromatic carbocycles. The van der Waals surface area contributed by atoms with Gasteiger partial charge in [-0.05, 0) is 42.3 Å². The van der Waals surface area contributed by atoms with Crippen molar-refractivity contribution in [2.75, 3.05) is 6.54 Å². The zero-order valence-corrected chi connectivity index (χ0v) is 12.7. The average Bonchev–Trinajstić information content (AvgIpc) is 2.39. The summed E-state index contributed by atoms with van der Waals surface area (Å²) in [5, 5.41) is 4.98. The number of halogens is 3. The highest BCUT2D eigenvalue weighted by Gasteiger charge is 1.98. The Bertz CT molecular complexity index is 497. The predicted octanol–water partition coefficient (Wildman–Crippen LogP) is 4.75. The highest BCUT2D eigenvalue weighted by Crippen LogP contribution is 2.14. The summed E-state index contributed by atoms with van der Waals surface area (Å²) >= 11 is 11.9. The van der Waals surface area contributed by atoms with Crippen LogP contribution in [0.2, 0.25) is 10.0 Å². The van der Waals surface area contributed by atoms with Crippen LogP contribution in [0.5, 0.6) is 0 Å². The van der Waals surface area contributed by atoms with Crippen molar-refractivity contribution in [1.29, 1.82) is 0 Å². The van der Waals surface area contributed by atoms with Gasteiger partial charge in [-0.3, -0.25) is 0 Å². The normalized spacial score (nSPS) is 10.0. The third-order valence-electron chi connectivity index (χ3n) is 2.78. The molecule has 0 radical (unpaired) electrons. The van der Waals surface area contributed by atoms with Crippen LogP contribution in [-0.4, -0.2) is 6.54 Å². The second kappa shape index (κ2) is 8.44. The maximum atomic E-state index is 6.08. The minimum absolute atomic E-state index is 0. The predicted molar refractivity (Wildman–Crippen MR) is 85.6 cm³/mol. The van der Waals surface area contributed by atoms with Gasteiger partial charge in [0, 0.05) is 16.6 Å². The number of nitrogens with one attached hydrogen (secondary N) is 1. The number of rotatable bonds is 5. The quantitative estimate of drug-likeness (QED) is 0.785. The lowest BCUT2D eigenvalue weighted by atomic mass is 10.1. The van der Waals surface area contributed by atoms with Crippen molar-refractivity contribution in [3.05, 3.63) is 69.7 Å². The lowest BCUT2D eigenvalue weighted by Gasteiger charge is -2.06. The van der Waals surface area contributed by atoms with E-state index in [-0.39, 0.29) is 12.4 Å². The molecule has 19 heavy (non-hydrogen) atoms. The SMILES string of the molecule is Cl.Clc1ccc(CCNCc2ccccc2Cl)cc1. The number of hydrogen-bond acceptors (Lipinski definition) is 1. The third-order valence-corrected chi connectivity index (χ3v) is 3.40. The van der Waals surface area contributed by atoms with E-state index >= 15 is 0 Å². The van der Waals surface area contributed by atoms with Crippen LogP contribution in [0.25, 0.3) is 0 Å². The summed E-state index contributed by atoms with van der Waals surface area (Å²) in [6.45, 7) is 1.72. The van der Waals surface area contributed by atoms with Gasteiger partial charge in [0.15, 0.2) is 0 Å². The van der Waals surface area contributed by atoms with Crippen LogP contribution >= 0.6 is 35.6 Å². The van der Waals surface area contributed by atoms with Gasteiger partial charge in [-0.15, -0.1) is 12.4 Å². The molecule has 102 valence electrons. The highest BCUT2D eigenvalue weighted by molar-refractivity contribution is 6.31. The molecule has 0 unspecified atom stereocenters. The molecule has 0 spiro atoms. The topological polar surface area (TPSA) is 12.0 Å². The van der Waals surface area contributed by atoms with Crippen LogP contribution < -0.4 is 5.32 Å². The molecule has 0 atom stereocenters. The van der Waals surface area contributed by atoms with Crippen LogP contribution in [-0.2, 0) is 13.0 Å².